The summed E-state index contributed by atoms with van der Waals surface area (Å²) in [6.45, 7) is 1.80. The first-order chi connectivity index (χ1) is 7.02. The van der Waals surface area contributed by atoms with Crippen molar-refractivity contribution >= 4 is 56.8 Å². The lowest BCUT2D eigenvalue weighted by molar-refractivity contribution is 0.0962. The highest BCUT2D eigenvalue weighted by atomic mass is 79.9. The number of hydrogen-bond donors (Lipinski definition) is 0. The SMILES string of the molecule is CC1C=Nc2c(cc(Br)c(Cl)c2Cl)C1=O. The topological polar surface area (TPSA) is 29.4 Å². The number of hydrogen-bond acceptors (Lipinski definition) is 2. The van der Waals surface area contributed by atoms with Crippen molar-refractivity contribution in [3.8, 4) is 0 Å². The minimum Gasteiger partial charge on any atom is -0.293 e. The fourth-order valence-electron chi connectivity index (χ4n) is 1.40. The number of carbonyl (C=O) groups excluding carboxylic acids is 1. The molecule has 1 heterocycles. The predicted molar refractivity (Wildman–Crippen MR) is 65.8 cm³/mol. The number of aliphatic imine (C=N–C) groups is 1. The molecule has 1 aromatic carbocycles. The van der Waals surface area contributed by atoms with Crippen molar-refractivity contribution in [3.63, 3.8) is 0 Å². The van der Waals surface area contributed by atoms with Crippen LogP contribution in [-0.4, -0.2) is 12.0 Å². The zero-order chi connectivity index (χ0) is 11.2. The molecule has 0 bridgehead atoms. The van der Waals surface area contributed by atoms with Gasteiger partial charge in [0.2, 0.25) is 0 Å². The summed E-state index contributed by atoms with van der Waals surface area (Å²) in [5.41, 5.74) is 0.985. The quantitative estimate of drug-likeness (QED) is 0.657. The lowest BCUT2D eigenvalue weighted by Crippen LogP contribution is -2.16. The summed E-state index contributed by atoms with van der Waals surface area (Å²) >= 11 is 15.2. The second kappa shape index (κ2) is 3.89. The van der Waals surface area contributed by atoms with Gasteiger partial charge in [-0.3, -0.25) is 9.79 Å². The first-order valence-corrected chi connectivity index (χ1v) is 5.83. The van der Waals surface area contributed by atoms with Crippen molar-refractivity contribution in [3.05, 3.63) is 26.1 Å². The number of ketones is 1. The molecule has 0 amide bonds. The molecule has 0 fully saturated rings. The lowest BCUT2D eigenvalue weighted by atomic mass is 9.96. The van der Waals surface area contributed by atoms with Crippen LogP contribution in [0.15, 0.2) is 15.5 Å². The highest BCUT2D eigenvalue weighted by Gasteiger charge is 2.25. The van der Waals surface area contributed by atoms with Crippen LogP contribution in [0.3, 0.4) is 0 Å². The minimum absolute atomic E-state index is 0.0132. The van der Waals surface area contributed by atoms with E-state index in [1.807, 2.05) is 0 Å². The summed E-state index contributed by atoms with van der Waals surface area (Å²) in [6.07, 6.45) is 1.58. The smallest absolute Gasteiger partial charge is 0.173 e. The van der Waals surface area contributed by atoms with E-state index in [4.69, 9.17) is 23.2 Å². The van der Waals surface area contributed by atoms with Crippen molar-refractivity contribution in [2.24, 2.45) is 10.9 Å². The first-order valence-electron chi connectivity index (χ1n) is 4.28. The average molecular weight is 307 g/mol. The van der Waals surface area contributed by atoms with Gasteiger partial charge in [0.05, 0.1) is 21.7 Å². The Bertz CT molecular complexity index is 485. The van der Waals surface area contributed by atoms with Crippen LogP contribution in [0.25, 0.3) is 0 Å². The highest BCUT2D eigenvalue weighted by Crippen LogP contribution is 2.42. The third-order valence-corrected chi connectivity index (χ3v) is 3.95. The van der Waals surface area contributed by atoms with Crippen LogP contribution < -0.4 is 0 Å². The van der Waals surface area contributed by atoms with Crippen LogP contribution in [0, 0.1) is 5.92 Å². The van der Waals surface area contributed by atoms with Gasteiger partial charge in [-0.1, -0.05) is 30.1 Å². The van der Waals surface area contributed by atoms with Gasteiger partial charge in [0.1, 0.15) is 0 Å². The third kappa shape index (κ3) is 1.73. The number of carbonyl (C=O) groups is 1. The van der Waals surface area contributed by atoms with E-state index in [1.54, 1.807) is 19.2 Å². The maximum absolute atomic E-state index is 11.8. The van der Waals surface area contributed by atoms with E-state index >= 15 is 0 Å². The molecule has 0 aromatic heterocycles. The van der Waals surface area contributed by atoms with Gasteiger partial charge < -0.3 is 0 Å². The third-order valence-electron chi connectivity index (χ3n) is 2.24. The molecule has 1 aliphatic rings. The van der Waals surface area contributed by atoms with E-state index in [2.05, 4.69) is 20.9 Å². The van der Waals surface area contributed by atoms with E-state index in [0.29, 0.717) is 25.8 Å². The number of Topliss-reactive ketones (excluding diaryl/α,β-unsaturated/α-hetero) is 1. The maximum atomic E-state index is 11.8. The zero-order valence-electron chi connectivity index (χ0n) is 7.72. The molecule has 5 heteroatoms. The Labute approximate surface area is 105 Å². The molecule has 1 aliphatic heterocycles. The second-order valence-corrected chi connectivity index (χ2v) is 4.92. The Balaban J connectivity index is 2.74. The number of nitrogens with zero attached hydrogens (tertiary/aromatic N) is 1. The Morgan fingerprint density at radius 2 is 2.07 bits per heavy atom. The first kappa shape index (κ1) is 11.1. The normalized spacial score (nSPS) is 19.2. The van der Waals surface area contributed by atoms with E-state index in [-0.39, 0.29) is 11.7 Å². The number of fused-ring (bicyclic) bond motifs is 1. The fraction of sp³-hybridized carbons (Fsp3) is 0.200. The molecule has 2 rings (SSSR count). The van der Waals surface area contributed by atoms with Gasteiger partial charge >= 0.3 is 0 Å². The number of halogens is 3. The van der Waals surface area contributed by atoms with Crippen LogP contribution in [0.2, 0.25) is 10.0 Å². The molecule has 1 unspecified atom stereocenters. The van der Waals surface area contributed by atoms with Gasteiger partial charge in [0.15, 0.2) is 5.78 Å². The van der Waals surface area contributed by atoms with Gasteiger partial charge in [0.25, 0.3) is 0 Å². The maximum Gasteiger partial charge on any atom is 0.173 e. The van der Waals surface area contributed by atoms with E-state index in [0.717, 1.165) is 0 Å². The molecule has 0 aliphatic carbocycles. The predicted octanol–water partition coefficient (Wildman–Crippen LogP) is 4.29. The van der Waals surface area contributed by atoms with Gasteiger partial charge in [0, 0.05) is 16.3 Å². The molecule has 0 saturated carbocycles. The van der Waals surface area contributed by atoms with Gasteiger partial charge in [-0.2, -0.15) is 0 Å². The van der Waals surface area contributed by atoms with Crippen molar-refractivity contribution in [1.29, 1.82) is 0 Å². The summed E-state index contributed by atoms with van der Waals surface area (Å²) in [4.78, 5) is 16.0. The Kier molecular flexibility index (Phi) is 2.88. The summed E-state index contributed by atoms with van der Waals surface area (Å²) in [5, 5.41) is 0.701. The molecule has 0 saturated heterocycles. The van der Waals surface area contributed by atoms with Crippen LogP contribution in [0.1, 0.15) is 17.3 Å². The van der Waals surface area contributed by atoms with Crippen molar-refractivity contribution in [1.82, 2.24) is 0 Å². The van der Waals surface area contributed by atoms with E-state index < -0.39 is 0 Å². The van der Waals surface area contributed by atoms with Gasteiger partial charge in [-0.15, -0.1) is 0 Å². The molecular weight excluding hydrogens is 301 g/mol. The van der Waals surface area contributed by atoms with Crippen LogP contribution >= 0.6 is 39.1 Å². The molecule has 0 N–H and O–H groups in total. The molecule has 1 aromatic rings. The minimum atomic E-state index is -0.207. The molecular formula is C10H6BrCl2NO. The summed E-state index contributed by atoms with van der Waals surface area (Å²) < 4.78 is 0.616. The molecule has 0 spiro atoms. The standard InChI is InChI=1S/C10H6BrCl2NO/c1-4-3-14-9-5(10(4)15)2-6(11)7(12)8(9)13/h2-4H,1H3. The lowest BCUT2D eigenvalue weighted by Gasteiger charge is -2.16. The molecule has 0 radical (unpaired) electrons. The van der Waals surface area contributed by atoms with Crippen LogP contribution in [0.5, 0.6) is 0 Å². The van der Waals surface area contributed by atoms with Crippen molar-refractivity contribution in [2.45, 2.75) is 6.92 Å². The van der Waals surface area contributed by atoms with Crippen molar-refractivity contribution < 1.29 is 4.79 Å². The van der Waals surface area contributed by atoms with Gasteiger partial charge in [-0.05, 0) is 22.0 Å². The molecule has 1 atom stereocenters. The fourth-order valence-corrected chi connectivity index (χ4v) is 2.34. The van der Waals surface area contributed by atoms with Gasteiger partial charge in [-0.25, -0.2) is 0 Å². The van der Waals surface area contributed by atoms with E-state index in [1.165, 1.54) is 0 Å². The second-order valence-electron chi connectivity index (χ2n) is 3.31. The molecule has 15 heavy (non-hydrogen) atoms. The van der Waals surface area contributed by atoms with Crippen LogP contribution in [-0.2, 0) is 0 Å². The van der Waals surface area contributed by atoms with E-state index in [9.17, 15) is 4.79 Å². The zero-order valence-corrected chi connectivity index (χ0v) is 10.8. The largest absolute Gasteiger partial charge is 0.293 e. The number of rotatable bonds is 0. The Morgan fingerprint density at radius 3 is 2.73 bits per heavy atom. The summed E-state index contributed by atoms with van der Waals surface area (Å²) in [7, 11) is 0. The molecule has 2 nitrogen and oxygen atoms in total. The Morgan fingerprint density at radius 1 is 1.40 bits per heavy atom. The summed E-state index contributed by atoms with van der Waals surface area (Å²) in [6, 6.07) is 1.67. The number of benzene rings is 1. The summed E-state index contributed by atoms with van der Waals surface area (Å²) in [5.74, 6) is -0.194. The van der Waals surface area contributed by atoms with Crippen molar-refractivity contribution in [2.75, 3.05) is 0 Å². The monoisotopic (exact) mass is 305 g/mol. The molecule has 78 valence electrons. The average Bonchev–Trinajstić information content (AvgIpc) is 2.21. The highest BCUT2D eigenvalue weighted by molar-refractivity contribution is 9.10. The Hall–Kier alpha value is -0.380. The van der Waals surface area contributed by atoms with Crippen LogP contribution in [0.4, 0.5) is 5.69 Å².